The Kier molecular flexibility index (Phi) is 1.85. The van der Waals surface area contributed by atoms with E-state index in [4.69, 9.17) is 5.26 Å². The van der Waals surface area contributed by atoms with Gasteiger partial charge in [-0.15, -0.1) is 4.99 Å². The zero-order valence-electron chi connectivity index (χ0n) is 6.86. The van der Waals surface area contributed by atoms with E-state index in [1.54, 1.807) is 6.19 Å². The zero-order valence-corrected chi connectivity index (χ0v) is 6.86. The molecule has 2 rings (SSSR count). The van der Waals surface area contributed by atoms with Crippen molar-refractivity contribution in [3.05, 3.63) is 29.8 Å². The van der Waals surface area contributed by atoms with Crippen LogP contribution in [-0.2, 0) is 6.54 Å². The van der Waals surface area contributed by atoms with E-state index in [0.717, 1.165) is 11.3 Å². The number of fused-ring (bicyclic) bond motifs is 1. The molecule has 1 heterocycles. The molecule has 1 aromatic rings. The van der Waals surface area contributed by atoms with Crippen LogP contribution in [-0.4, -0.2) is 5.96 Å². The molecule has 0 saturated heterocycles. The number of nitriles is 1. The number of para-hydroxylation sites is 1. The normalized spacial score (nSPS) is 16.7. The molecule has 0 amide bonds. The summed E-state index contributed by atoms with van der Waals surface area (Å²) in [6.07, 6.45) is 1.70. The van der Waals surface area contributed by atoms with Crippen LogP contribution in [0.4, 0.5) is 5.69 Å². The van der Waals surface area contributed by atoms with Crippen LogP contribution in [0.25, 0.3) is 0 Å². The maximum atomic E-state index is 8.33. The van der Waals surface area contributed by atoms with Gasteiger partial charge in [0.05, 0.1) is 6.54 Å². The average molecular weight is 171 g/mol. The summed E-state index contributed by atoms with van der Waals surface area (Å²) in [5.74, 6) is 0.390. The highest BCUT2D eigenvalue weighted by Gasteiger charge is 2.12. The Morgan fingerprint density at radius 2 is 2.31 bits per heavy atom. The summed E-state index contributed by atoms with van der Waals surface area (Å²) in [6.45, 7) is 0.587. The second kappa shape index (κ2) is 3.15. The molecule has 0 atom stereocenters. The lowest BCUT2D eigenvalue weighted by Crippen LogP contribution is -2.29. The molecule has 1 radical (unpaired) electrons. The first-order valence-corrected chi connectivity index (χ1v) is 3.89. The summed E-state index contributed by atoms with van der Waals surface area (Å²) in [4.78, 5) is 3.53. The van der Waals surface area contributed by atoms with Crippen LogP contribution in [0, 0.1) is 11.5 Å². The standard InChI is InChI=1S/C9H7N4/c10-6-12-9-11-5-7-3-1-2-4-8(7)13-9/h1-4H,5H2,(H,12,13). The molecule has 0 aliphatic carbocycles. The first kappa shape index (κ1) is 7.62. The highest BCUT2D eigenvalue weighted by Crippen LogP contribution is 2.18. The molecule has 0 saturated carbocycles. The molecule has 0 fully saturated rings. The largest absolute Gasteiger partial charge is 0.324 e. The third-order valence-corrected chi connectivity index (χ3v) is 1.82. The van der Waals surface area contributed by atoms with Gasteiger partial charge >= 0.3 is 0 Å². The fourth-order valence-electron chi connectivity index (χ4n) is 1.21. The predicted octanol–water partition coefficient (Wildman–Crippen LogP) is 1.05. The Hall–Kier alpha value is -2.02. The Labute approximate surface area is 75.9 Å². The summed E-state index contributed by atoms with van der Waals surface area (Å²) >= 11 is 0. The van der Waals surface area contributed by atoms with Crippen molar-refractivity contribution in [2.45, 2.75) is 6.54 Å². The van der Waals surface area contributed by atoms with Gasteiger partial charge in [-0.05, 0) is 11.6 Å². The zero-order chi connectivity index (χ0) is 9.10. The Balaban J connectivity index is 2.31. The van der Waals surface area contributed by atoms with Gasteiger partial charge in [0, 0.05) is 5.69 Å². The summed E-state index contributed by atoms with van der Waals surface area (Å²) in [5, 5.41) is 15.4. The molecular weight excluding hydrogens is 164 g/mol. The third-order valence-electron chi connectivity index (χ3n) is 1.82. The molecule has 1 aromatic carbocycles. The third kappa shape index (κ3) is 1.44. The average Bonchev–Trinajstić information content (AvgIpc) is 2.18. The first-order valence-electron chi connectivity index (χ1n) is 3.89. The number of nitrogens with zero attached hydrogens (tertiary/aromatic N) is 3. The van der Waals surface area contributed by atoms with Gasteiger partial charge in [0.2, 0.25) is 12.2 Å². The van der Waals surface area contributed by atoms with E-state index < -0.39 is 0 Å². The fourth-order valence-corrected chi connectivity index (χ4v) is 1.21. The summed E-state index contributed by atoms with van der Waals surface area (Å²) < 4.78 is 0. The molecule has 13 heavy (non-hydrogen) atoms. The number of nitrogens with one attached hydrogen (secondary N) is 1. The van der Waals surface area contributed by atoms with E-state index in [0.29, 0.717) is 12.5 Å². The molecule has 1 aliphatic heterocycles. The SMILES string of the molecule is N#CN=C1[N]Cc2ccccc2N1. The Morgan fingerprint density at radius 1 is 1.46 bits per heavy atom. The second-order valence-electron chi connectivity index (χ2n) is 2.63. The summed E-state index contributed by atoms with van der Waals surface area (Å²) in [7, 11) is 0. The van der Waals surface area contributed by atoms with Gasteiger partial charge in [-0.3, -0.25) is 0 Å². The topological polar surface area (TPSA) is 62.3 Å². The maximum absolute atomic E-state index is 8.33. The minimum absolute atomic E-state index is 0.390. The smallest absolute Gasteiger partial charge is 0.233 e. The van der Waals surface area contributed by atoms with E-state index >= 15 is 0 Å². The van der Waals surface area contributed by atoms with Crippen LogP contribution in [0.2, 0.25) is 0 Å². The lowest BCUT2D eigenvalue weighted by atomic mass is 10.1. The van der Waals surface area contributed by atoms with Gasteiger partial charge in [-0.2, -0.15) is 5.26 Å². The molecule has 0 aromatic heterocycles. The molecule has 1 N–H and O–H groups in total. The molecule has 0 bridgehead atoms. The lowest BCUT2D eigenvalue weighted by molar-refractivity contribution is 0.877. The quantitative estimate of drug-likeness (QED) is 0.593. The lowest BCUT2D eigenvalue weighted by Gasteiger charge is -2.17. The number of anilines is 1. The predicted molar refractivity (Wildman–Crippen MR) is 49.0 cm³/mol. The van der Waals surface area contributed by atoms with Crippen molar-refractivity contribution >= 4 is 11.6 Å². The minimum atomic E-state index is 0.390. The molecule has 63 valence electrons. The van der Waals surface area contributed by atoms with Crippen molar-refractivity contribution in [1.82, 2.24) is 5.32 Å². The van der Waals surface area contributed by atoms with E-state index in [-0.39, 0.29) is 0 Å². The molecule has 1 aliphatic rings. The second-order valence-corrected chi connectivity index (χ2v) is 2.63. The van der Waals surface area contributed by atoms with Crippen molar-refractivity contribution in [1.29, 1.82) is 5.26 Å². The minimum Gasteiger partial charge on any atom is -0.324 e. The number of rotatable bonds is 0. The van der Waals surface area contributed by atoms with Gasteiger partial charge < -0.3 is 5.32 Å². The van der Waals surface area contributed by atoms with Gasteiger partial charge in [0.15, 0.2) is 0 Å². The number of benzene rings is 1. The van der Waals surface area contributed by atoms with Crippen molar-refractivity contribution in [3.8, 4) is 6.19 Å². The number of hydrogen-bond donors (Lipinski definition) is 1. The molecule has 0 spiro atoms. The summed E-state index contributed by atoms with van der Waals surface area (Å²) in [5.41, 5.74) is 2.10. The molecular formula is C9H7N4. The van der Waals surface area contributed by atoms with Crippen LogP contribution >= 0.6 is 0 Å². The van der Waals surface area contributed by atoms with Crippen LogP contribution in [0.5, 0.6) is 0 Å². The van der Waals surface area contributed by atoms with Crippen LogP contribution in [0.1, 0.15) is 5.56 Å². The summed E-state index contributed by atoms with van der Waals surface area (Å²) in [6, 6.07) is 7.83. The first-order chi connectivity index (χ1) is 6.40. The van der Waals surface area contributed by atoms with Crippen LogP contribution in [0.15, 0.2) is 29.3 Å². The maximum Gasteiger partial charge on any atom is 0.233 e. The van der Waals surface area contributed by atoms with Crippen molar-refractivity contribution < 1.29 is 0 Å². The molecule has 4 nitrogen and oxygen atoms in total. The van der Waals surface area contributed by atoms with Gasteiger partial charge in [0.1, 0.15) is 0 Å². The number of hydrogen-bond acceptors (Lipinski definition) is 2. The molecule has 4 heteroatoms. The van der Waals surface area contributed by atoms with Crippen molar-refractivity contribution in [2.24, 2.45) is 4.99 Å². The van der Waals surface area contributed by atoms with Crippen molar-refractivity contribution in [3.63, 3.8) is 0 Å². The van der Waals surface area contributed by atoms with Crippen molar-refractivity contribution in [2.75, 3.05) is 5.32 Å². The number of guanidine groups is 1. The Morgan fingerprint density at radius 3 is 3.15 bits per heavy atom. The van der Waals surface area contributed by atoms with E-state index in [9.17, 15) is 0 Å². The highest BCUT2D eigenvalue weighted by atomic mass is 15.2. The van der Waals surface area contributed by atoms with E-state index in [1.807, 2.05) is 24.3 Å². The number of aliphatic imine (C=N–C) groups is 1. The monoisotopic (exact) mass is 171 g/mol. The molecule has 0 unspecified atom stereocenters. The van der Waals surface area contributed by atoms with E-state index in [2.05, 4.69) is 15.6 Å². The van der Waals surface area contributed by atoms with Crippen LogP contribution < -0.4 is 10.6 Å². The highest BCUT2D eigenvalue weighted by molar-refractivity contribution is 5.96. The van der Waals surface area contributed by atoms with Gasteiger partial charge in [-0.25, -0.2) is 5.32 Å². The Bertz CT molecular complexity index is 389. The fraction of sp³-hybridized carbons (Fsp3) is 0.111. The van der Waals surface area contributed by atoms with Crippen LogP contribution in [0.3, 0.4) is 0 Å². The van der Waals surface area contributed by atoms with Gasteiger partial charge in [-0.1, -0.05) is 18.2 Å². The van der Waals surface area contributed by atoms with Gasteiger partial charge in [0.25, 0.3) is 0 Å². The van der Waals surface area contributed by atoms with E-state index in [1.165, 1.54) is 0 Å².